The standard InChI is InChI=1S/H2O.2O.Ta/h1H2;;;/q;;;+1/p-1. The summed E-state index contributed by atoms with van der Waals surface area (Å²) in [4.78, 5) is 0. The predicted octanol–water partition coefficient (Wildman–Crippen LogP) is -0.797. The Morgan fingerprint density at radius 2 is 1.50 bits per heavy atom. The predicted molar refractivity (Wildman–Crippen MR) is 3.59 cm³/mol. The van der Waals surface area contributed by atoms with Gasteiger partial charge in [-0.05, 0) is 0 Å². The van der Waals surface area contributed by atoms with Crippen molar-refractivity contribution in [2.75, 3.05) is 0 Å². The molecule has 0 rings (SSSR count). The van der Waals surface area contributed by atoms with Gasteiger partial charge in [-0.25, -0.2) is 0 Å². The minimum absolute atomic E-state index is 4.09. The Labute approximate surface area is 29.5 Å². The number of rotatable bonds is 0. The average Bonchev–Trinajstić information content (AvgIpc) is 0.811. The first kappa shape index (κ1) is 4.30. The van der Waals surface area contributed by atoms with Crippen LogP contribution in [0.1, 0.15) is 0 Å². The maximum atomic E-state index is 8.73. The summed E-state index contributed by atoms with van der Waals surface area (Å²) in [6.45, 7) is 0. The summed E-state index contributed by atoms with van der Waals surface area (Å²) in [6, 6.07) is 0. The van der Waals surface area contributed by atoms with Gasteiger partial charge in [0.1, 0.15) is 0 Å². The van der Waals surface area contributed by atoms with Crippen molar-refractivity contribution >= 4 is 0 Å². The van der Waals surface area contributed by atoms with Crippen molar-refractivity contribution in [1.82, 2.24) is 0 Å². The van der Waals surface area contributed by atoms with Crippen LogP contribution in [0, 0.1) is 0 Å². The van der Waals surface area contributed by atoms with Crippen molar-refractivity contribution in [2.45, 2.75) is 0 Å². The third kappa shape index (κ3) is 43.1. The topological polar surface area (TPSA) is 54.4 Å². The summed E-state index contributed by atoms with van der Waals surface area (Å²) in [5.74, 6) is 0. The Morgan fingerprint density at radius 1 is 1.50 bits per heavy atom. The Hall–Kier alpha value is 0.300. The van der Waals surface area contributed by atoms with Crippen LogP contribution in [-0.4, -0.2) is 3.61 Å². The van der Waals surface area contributed by atoms with E-state index in [0.717, 1.165) is 0 Å². The van der Waals surface area contributed by atoms with Crippen molar-refractivity contribution in [1.29, 1.82) is 0 Å². The van der Waals surface area contributed by atoms with E-state index in [1.807, 2.05) is 0 Å². The first-order valence-electron chi connectivity index (χ1n) is 0.565. The normalized spacial score (nSPS) is 6.25. The second-order valence-electron chi connectivity index (χ2n) is 0.238. The van der Waals surface area contributed by atoms with Crippen LogP contribution >= 0.6 is 0 Å². The van der Waals surface area contributed by atoms with Crippen molar-refractivity contribution in [3.8, 4) is 0 Å². The molecule has 0 aromatic carbocycles. The zero-order chi connectivity index (χ0) is 3.58. The van der Waals surface area contributed by atoms with E-state index in [9.17, 15) is 0 Å². The molecule has 0 aromatic heterocycles. The van der Waals surface area contributed by atoms with E-state index < -0.39 is 18.8 Å². The van der Waals surface area contributed by atoms with Gasteiger partial charge in [0.15, 0.2) is 0 Å². The molecule has 3 nitrogen and oxygen atoms in total. The number of hydrogen-bond acceptors (Lipinski definition) is 2. The van der Waals surface area contributed by atoms with Gasteiger partial charge in [-0.3, -0.25) is 0 Å². The zero-order valence-corrected chi connectivity index (χ0v) is 4.92. The first-order valence-corrected chi connectivity index (χ1v) is 4.63. The van der Waals surface area contributed by atoms with Gasteiger partial charge in [0.25, 0.3) is 0 Å². The third-order valence-corrected chi connectivity index (χ3v) is 0. The molecule has 4 heavy (non-hydrogen) atoms. The molecule has 0 aromatic rings. The molecule has 0 aliphatic rings. The van der Waals surface area contributed by atoms with Gasteiger partial charge in [0.05, 0.1) is 0 Å². The Kier molecular flexibility index (Phi) is 1.72. The van der Waals surface area contributed by atoms with Crippen LogP contribution in [-0.2, 0) is 25.3 Å². The van der Waals surface area contributed by atoms with Gasteiger partial charge in [-0.1, -0.05) is 0 Å². The first-order chi connectivity index (χ1) is 1.73. The fraction of sp³-hybridized carbons (Fsp3) is 0. The van der Waals surface area contributed by atoms with E-state index in [4.69, 9.17) is 10.1 Å². The molecule has 0 unspecified atom stereocenters. The van der Waals surface area contributed by atoms with Crippen LogP contribution < -0.4 is 0 Å². The average molecular weight is 230 g/mol. The van der Waals surface area contributed by atoms with E-state index in [1.54, 1.807) is 0 Å². The van der Waals surface area contributed by atoms with E-state index in [-0.39, 0.29) is 0 Å². The fourth-order valence-corrected chi connectivity index (χ4v) is 0. The molecule has 0 radical (unpaired) electrons. The molecule has 0 heterocycles. The monoisotopic (exact) mass is 230 g/mol. The molecule has 1 N–H and O–H groups in total. The SMILES string of the molecule is [O]=[Ta](=[O])[OH]. The Balaban J connectivity index is 3.51. The molecule has 0 aliphatic carbocycles. The van der Waals surface area contributed by atoms with Gasteiger partial charge in [-0.2, -0.15) is 0 Å². The quantitative estimate of drug-likeness (QED) is 0.592. The summed E-state index contributed by atoms with van der Waals surface area (Å²) in [5, 5.41) is 0. The molecule has 0 amide bonds. The summed E-state index contributed by atoms with van der Waals surface area (Å²) < 4.78 is 24.6. The molecule has 0 fully saturated rings. The molecular weight excluding hydrogens is 229 g/mol. The number of hydrogen-bond donors (Lipinski definition) is 1. The molecular formula is HO3Ta. The van der Waals surface area contributed by atoms with Crippen LogP contribution in [0.3, 0.4) is 0 Å². The Bertz CT molecular complexity index is 51.7. The summed E-state index contributed by atoms with van der Waals surface area (Å²) in [6.07, 6.45) is 0. The van der Waals surface area contributed by atoms with E-state index in [1.165, 1.54) is 0 Å². The van der Waals surface area contributed by atoms with Crippen molar-refractivity contribution < 1.29 is 28.9 Å². The second kappa shape index (κ2) is 1.60. The summed E-state index contributed by atoms with van der Waals surface area (Å²) in [5.41, 5.74) is 0. The Morgan fingerprint density at radius 3 is 1.50 bits per heavy atom. The van der Waals surface area contributed by atoms with E-state index >= 15 is 0 Å². The third-order valence-electron chi connectivity index (χ3n) is 0. The molecule has 0 saturated heterocycles. The van der Waals surface area contributed by atoms with Crippen LogP contribution in [0.2, 0.25) is 0 Å². The molecule has 0 saturated carbocycles. The fourth-order valence-electron chi connectivity index (χ4n) is 0. The molecule has 24 valence electrons. The summed E-state index contributed by atoms with van der Waals surface area (Å²) >= 11 is -4.09. The molecule has 0 spiro atoms. The van der Waals surface area contributed by atoms with Crippen molar-refractivity contribution in [3.05, 3.63) is 0 Å². The molecule has 0 aliphatic heterocycles. The molecule has 0 bridgehead atoms. The van der Waals surface area contributed by atoms with Crippen LogP contribution in [0.5, 0.6) is 0 Å². The van der Waals surface area contributed by atoms with Gasteiger partial charge in [-0.15, -0.1) is 0 Å². The van der Waals surface area contributed by atoms with Gasteiger partial charge in [0.2, 0.25) is 0 Å². The van der Waals surface area contributed by atoms with Crippen LogP contribution in [0.15, 0.2) is 0 Å². The van der Waals surface area contributed by atoms with Crippen LogP contribution in [0.25, 0.3) is 0 Å². The van der Waals surface area contributed by atoms with Crippen LogP contribution in [0.4, 0.5) is 0 Å². The van der Waals surface area contributed by atoms with Gasteiger partial charge < -0.3 is 0 Å². The van der Waals surface area contributed by atoms with Crippen molar-refractivity contribution in [3.63, 3.8) is 0 Å². The zero-order valence-electron chi connectivity index (χ0n) is 1.71. The van der Waals surface area contributed by atoms with E-state index in [2.05, 4.69) is 0 Å². The minimum atomic E-state index is -4.09. The van der Waals surface area contributed by atoms with Gasteiger partial charge in [0, 0.05) is 0 Å². The summed E-state index contributed by atoms with van der Waals surface area (Å²) in [7, 11) is 0. The molecule has 4 heteroatoms. The van der Waals surface area contributed by atoms with Gasteiger partial charge >= 0.3 is 28.9 Å². The van der Waals surface area contributed by atoms with Crippen molar-refractivity contribution in [2.24, 2.45) is 0 Å². The van der Waals surface area contributed by atoms with E-state index in [0.29, 0.717) is 0 Å². The maximum absolute atomic E-state index is 8.73. The second-order valence-corrected chi connectivity index (χ2v) is 1.95. The molecule has 0 atom stereocenters.